The number of hydrogen-bond acceptors (Lipinski definition) is 5. The highest BCUT2D eigenvalue weighted by atomic mass is 32.2. The fourth-order valence-electron chi connectivity index (χ4n) is 3.19. The fraction of sp³-hybridized carbons (Fsp3) is 0.318. The first-order valence-electron chi connectivity index (χ1n) is 9.62. The Morgan fingerprint density at radius 3 is 2.69 bits per heavy atom. The average molecular weight is 412 g/mol. The van der Waals surface area contributed by atoms with Crippen molar-refractivity contribution >= 4 is 28.6 Å². The number of ether oxygens (including phenoxy) is 1. The van der Waals surface area contributed by atoms with Gasteiger partial charge in [-0.15, -0.1) is 0 Å². The Morgan fingerprint density at radius 2 is 1.93 bits per heavy atom. The maximum atomic E-state index is 13.3. The van der Waals surface area contributed by atoms with Gasteiger partial charge in [-0.3, -0.25) is 14.2 Å². The molecule has 0 unspecified atom stereocenters. The van der Waals surface area contributed by atoms with Crippen molar-refractivity contribution in [2.75, 3.05) is 12.9 Å². The molecule has 6 nitrogen and oxygen atoms in total. The lowest BCUT2D eigenvalue weighted by molar-refractivity contribution is -0.119. The minimum Gasteiger partial charge on any atom is -0.495 e. The summed E-state index contributed by atoms with van der Waals surface area (Å²) in [6, 6.07) is 14.6. The Balaban J connectivity index is 2.01. The molecule has 1 aromatic heterocycles. The molecule has 0 saturated carbocycles. The van der Waals surface area contributed by atoms with Crippen LogP contribution in [0.3, 0.4) is 0 Å². The smallest absolute Gasteiger partial charge is 0.266 e. The molecule has 0 saturated heterocycles. The van der Waals surface area contributed by atoms with Gasteiger partial charge in [0.25, 0.3) is 5.56 Å². The Labute approximate surface area is 174 Å². The predicted octanol–water partition coefficient (Wildman–Crippen LogP) is 3.79. The second-order valence-corrected chi connectivity index (χ2v) is 7.71. The Hall–Kier alpha value is -2.80. The largest absolute Gasteiger partial charge is 0.495 e. The van der Waals surface area contributed by atoms with Crippen molar-refractivity contribution < 1.29 is 9.53 Å². The zero-order chi connectivity index (χ0) is 20.8. The summed E-state index contributed by atoms with van der Waals surface area (Å²) in [5.74, 6) is 0.660. The Bertz CT molecular complexity index is 1060. The monoisotopic (exact) mass is 411 g/mol. The summed E-state index contributed by atoms with van der Waals surface area (Å²) in [4.78, 5) is 30.3. The Kier molecular flexibility index (Phi) is 6.93. The van der Waals surface area contributed by atoms with Crippen molar-refractivity contribution in [3.8, 4) is 11.4 Å². The summed E-state index contributed by atoms with van der Waals surface area (Å²) in [6.07, 6.45) is 1.94. The maximum Gasteiger partial charge on any atom is 0.266 e. The van der Waals surface area contributed by atoms with E-state index in [4.69, 9.17) is 4.74 Å². The van der Waals surface area contributed by atoms with Crippen LogP contribution in [0.25, 0.3) is 16.6 Å². The lowest BCUT2D eigenvalue weighted by atomic mass is 10.2. The number of para-hydroxylation sites is 3. The van der Waals surface area contributed by atoms with Gasteiger partial charge in [-0.2, -0.15) is 0 Å². The number of carbonyl (C=O) groups is 1. The van der Waals surface area contributed by atoms with Gasteiger partial charge in [-0.05, 0) is 37.6 Å². The quantitative estimate of drug-likeness (QED) is 0.451. The van der Waals surface area contributed by atoms with Crippen LogP contribution < -0.4 is 15.6 Å². The molecular weight excluding hydrogens is 386 g/mol. The van der Waals surface area contributed by atoms with E-state index in [2.05, 4.69) is 17.2 Å². The van der Waals surface area contributed by atoms with Gasteiger partial charge in [-0.25, -0.2) is 4.98 Å². The van der Waals surface area contributed by atoms with Crippen LogP contribution >= 0.6 is 11.8 Å². The number of nitrogens with zero attached hydrogens (tertiary/aromatic N) is 2. The minimum absolute atomic E-state index is 0.0788. The molecule has 2 aromatic carbocycles. The first kappa shape index (κ1) is 20.9. The summed E-state index contributed by atoms with van der Waals surface area (Å²) in [7, 11) is 1.56. The summed E-state index contributed by atoms with van der Waals surface area (Å²) >= 11 is 1.24. The number of amides is 1. The summed E-state index contributed by atoms with van der Waals surface area (Å²) in [5.41, 5.74) is 1.01. The predicted molar refractivity (Wildman–Crippen MR) is 117 cm³/mol. The van der Waals surface area contributed by atoms with Crippen molar-refractivity contribution in [3.05, 3.63) is 58.9 Å². The van der Waals surface area contributed by atoms with Gasteiger partial charge in [-0.1, -0.05) is 49.4 Å². The number of hydrogen-bond donors (Lipinski definition) is 1. The number of nitrogens with one attached hydrogen (secondary N) is 1. The van der Waals surface area contributed by atoms with E-state index in [9.17, 15) is 9.59 Å². The molecule has 1 amide bonds. The molecule has 29 heavy (non-hydrogen) atoms. The molecule has 0 aliphatic heterocycles. The van der Waals surface area contributed by atoms with E-state index in [1.807, 2.05) is 37.3 Å². The standard InChI is InChI=1S/C22H25N3O3S/c1-4-9-15(2)23-20(26)14-29-22-24-17-11-6-5-10-16(17)21(27)25(22)18-12-7-8-13-19(18)28-3/h5-8,10-13,15H,4,9,14H2,1-3H3,(H,23,26)/t15-/m0/s1. The van der Waals surface area contributed by atoms with Crippen molar-refractivity contribution in [1.82, 2.24) is 14.9 Å². The topological polar surface area (TPSA) is 73.2 Å². The highest BCUT2D eigenvalue weighted by Crippen LogP contribution is 2.27. The third-order valence-electron chi connectivity index (χ3n) is 4.53. The SMILES string of the molecule is CCC[C@H](C)NC(=O)CSc1nc2ccccc2c(=O)n1-c1ccccc1OC. The fourth-order valence-corrected chi connectivity index (χ4v) is 4.00. The highest BCUT2D eigenvalue weighted by Gasteiger charge is 2.17. The highest BCUT2D eigenvalue weighted by molar-refractivity contribution is 7.99. The summed E-state index contributed by atoms with van der Waals surface area (Å²) in [6.45, 7) is 4.08. The van der Waals surface area contributed by atoms with Crippen LogP contribution in [0, 0.1) is 0 Å². The van der Waals surface area contributed by atoms with Crippen molar-refractivity contribution in [3.63, 3.8) is 0 Å². The molecule has 0 spiro atoms. The van der Waals surface area contributed by atoms with Crippen LogP contribution in [0.1, 0.15) is 26.7 Å². The number of fused-ring (bicyclic) bond motifs is 1. The van der Waals surface area contributed by atoms with E-state index in [-0.39, 0.29) is 23.3 Å². The third-order valence-corrected chi connectivity index (χ3v) is 5.47. The molecular formula is C22H25N3O3S. The van der Waals surface area contributed by atoms with Crippen LogP contribution in [0.15, 0.2) is 58.5 Å². The van der Waals surface area contributed by atoms with E-state index in [1.165, 1.54) is 16.3 Å². The van der Waals surface area contributed by atoms with Gasteiger partial charge < -0.3 is 10.1 Å². The van der Waals surface area contributed by atoms with E-state index < -0.39 is 0 Å². The zero-order valence-corrected chi connectivity index (χ0v) is 17.7. The first-order valence-corrected chi connectivity index (χ1v) is 10.6. The molecule has 0 aliphatic rings. The van der Waals surface area contributed by atoms with Crippen LogP contribution in [0.4, 0.5) is 0 Å². The normalized spacial score (nSPS) is 12.0. The van der Waals surface area contributed by atoms with Gasteiger partial charge >= 0.3 is 0 Å². The summed E-state index contributed by atoms with van der Waals surface area (Å²) < 4.78 is 6.97. The molecule has 0 bridgehead atoms. The number of benzene rings is 2. The van der Waals surface area contributed by atoms with Gasteiger partial charge in [0.15, 0.2) is 5.16 Å². The van der Waals surface area contributed by atoms with E-state index in [0.717, 1.165) is 12.8 Å². The lowest BCUT2D eigenvalue weighted by Crippen LogP contribution is -2.34. The van der Waals surface area contributed by atoms with Crippen LogP contribution in [0.5, 0.6) is 5.75 Å². The van der Waals surface area contributed by atoms with Gasteiger partial charge in [0, 0.05) is 6.04 Å². The van der Waals surface area contributed by atoms with Crippen LogP contribution in [0.2, 0.25) is 0 Å². The Morgan fingerprint density at radius 1 is 1.21 bits per heavy atom. The second-order valence-electron chi connectivity index (χ2n) is 6.77. The van der Waals surface area contributed by atoms with Crippen LogP contribution in [-0.2, 0) is 4.79 Å². The van der Waals surface area contributed by atoms with Crippen molar-refractivity contribution in [1.29, 1.82) is 0 Å². The average Bonchev–Trinajstić information content (AvgIpc) is 2.72. The van der Waals surface area contributed by atoms with Crippen molar-refractivity contribution in [2.24, 2.45) is 0 Å². The molecule has 0 aliphatic carbocycles. The van der Waals surface area contributed by atoms with E-state index in [0.29, 0.717) is 27.5 Å². The molecule has 1 heterocycles. The maximum absolute atomic E-state index is 13.3. The van der Waals surface area contributed by atoms with Gasteiger partial charge in [0.2, 0.25) is 5.91 Å². The molecule has 152 valence electrons. The zero-order valence-electron chi connectivity index (χ0n) is 16.8. The van der Waals surface area contributed by atoms with Gasteiger partial charge in [0.1, 0.15) is 5.75 Å². The first-order chi connectivity index (χ1) is 14.0. The number of methoxy groups -OCH3 is 1. The molecule has 3 rings (SSSR count). The van der Waals surface area contributed by atoms with E-state index >= 15 is 0 Å². The molecule has 0 radical (unpaired) electrons. The second kappa shape index (κ2) is 9.60. The lowest BCUT2D eigenvalue weighted by Gasteiger charge is -2.16. The minimum atomic E-state index is -0.192. The molecule has 1 atom stereocenters. The summed E-state index contributed by atoms with van der Waals surface area (Å²) in [5, 5.41) is 3.96. The molecule has 3 aromatic rings. The number of aromatic nitrogens is 2. The number of rotatable bonds is 8. The molecule has 0 fully saturated rings. The van der Waals surface area contributed by atoms with Crippen molar-refractivity contribution in [2.45, 2.75) is 37.9 Å². The number of carbonyl (C=O) groups excluding carboxylic acids is 1. The number of thioether (sulfide) groups is 1. The third kappa shape index (κ3) is 4.79. The van der Waals surface area contributed by atoms with E-state index in [1.54, 1.807) is 25.3 Å². The molecule has 7 heteroatoms. The van der Waals surface area contributed by atoms with Crippen LogP contribution in [-0.4, -0.2) is 34.4 Å². The van der Waals surface area contributed by atoms with Gasteiger partial charge in [0.05, 0.1) is 29.5 Å². The molecule has 1 N–H and O–H groups in total.